The number of rotatable bonds is 5. The molecule has 1 aliphatic carbocycles. The fourth-order valence-electron chi connectivity index (χ4n) is 5.41. The number of hydrogen-bond acceptors (Lipinski definition) is 4. The molecular formula is C31H31NO3. The molecule has 35 heavy (non-hydrogen) atoms. The number of allylic oxidation sites excluding steroid dienone is 3. The number of ether oxygens (including phenoxy) is 1. The summed E-state index contributed by atoms with van der Waals surface area (Å²) in [5.74, 6) is -0.610. The molecule has 0 aromatic heterocycles. The van der Waals surface area contributed by atoms with E-state index >= 15 is 0 Å². The van der Waals surface area contributed by atoms with Crippen molar-refractivity contribution in [3.8, 4) is 0 Å². The molecule has 0 radical (unpaired) electrons. The number of benzene rings is 3. The molecule has 0 saturated carbocycles. The van der Waals surface area contributed by atoms with Gasteiger partial charge in [0.2, 0.25) is 0 Å². The van der Waals surface area contributed by atoms with Crippen molar-refractivity contribution in [2.45, 2.75) is 58.0 Å². The van der Waals surface area contributed by atoms with Crippen LogP contribution in [0.2, 0.25) is 0 Å². The van der Waals surface area contributed by atoms with Gasteiger partial charge >= 0.3 is 5.97 Å². The van der Waals surface area contributed by atoms with Gasteiger partial charge in [0.1, 0.15) is 0 Å². The first-order valence-electron chi connectivity index (χ1n) is 12.5. The molecule has 2 aliphatic rings. The predicted molar refractivity (Wildman–Crippen MR) is 139 cm³/mol. The fraction of sp³-hybridized carbons (Fsp3) is 0.290. The zero-order valence-corrected chi connectivity index (χ0v) is 20.5. The molecule has 3 aromatic rings. The SMILES string of the molecule is CCC(C)OC(=O)C1=C(C)NC2=C(C(=O)CC(c3ccccc3)C2)C1c1cccc2ccccc12. The minimum absolute atomic E-state index is 0.0897. The number of Topliss-reactive ketones (excluding diaryl/α,β-unsaturated/α-hetero) is 1. The van der Waals surface area contributed by atoms with Crippen LogP contribution in [0.15, 0.2) is 95.3 Å². The zero-order chi connectivity index (χ0) is 24.5. The number of carbonyl (C=O) groups is 2. The highest BCUT2D eigenvalue weighted by Gasteiger charge is 2.42. The fourth-order valence-corrected chi connectivity index (χ4v) is 5.41. The van der Waals surface area contributed by atoms with Gasteiger partial charge in [-0.25, -0.2) is 4.79 Å². The quantitative estimate of drug-likeness (QED) is 0.435. The lowest BCUT2D eigenvalue weighted by Gasteiger charge is -2.37. The molecule has 178 valence electrons. The molecule has 3 atom stereocenters. The van der Waals surface area contributed by atoms with Crippen molar-refractivity contribution in [2.75, 3.05) is 0 Å². The van der Waals surface area contributed by atoms with E-state index in [4.69, 9.17) is 4.74 Å². The van der Waals surface area contributed by atoms with Crippen LogP contribution < -0.4 is 5.32 Å². The maximum absolute atomic E-state index is 13.8. The van der Waals surface area contributed by atoms with Crippen LogP contribution in [0.5, 0.6) is 0 Å². The molecule has 0 saturated heterocycles. The van der Waals surface area contributed by atoms with E-state index in [0.717, 1.165) is 40.6 Å². The van der Waals surface area contributed by atoms with E-state index in [1.165, 1.54) is 5.56 Å². The Kier molecular flexibility index (Phi) is 6.29. The van der Waals surface area contributed by atoms with Gasteiger partial charge in [-0.15, -0.1) is 0 Å². The second kappa shape index (κ2) is 9.53. The summed E-state index contributed by atoms with van der Waals surface area (Å²) in [5, 5.41) is 5.59. The van der Waals surface area contributed by atoms with Crippen molar-refractivity contribution < 1.29 is 14.3 Å². The van der Waals surface area contributed by atoms with Crippen LogP contribution in [-0.4, -0.2) is 17.9 Å². The first-order chi connectivity index (χ1) is 17.0. The molecule has 4 nitrogen and oxygen atoms in total. The number of esters is 1. The van der Waals surface area contributed by atoms with Crippen molar-refractivity contribution in [3.63, 3.8) is 0 Å². The van der Waals surface area contributed by atoms with Gasteiger partial charge in [0.05, 0.1) is 11.7 Å². The second-order valence-electron chi connectivity index (χ2n) is 9.62. The highest BCUT2D eigenvalue weighted by atomic mass is 16.5. The normalized spacial score (nSPS) is 20.9. The smallest absolute Gasteiger partial charge is 0.337 e. The van der Waals surface area contributed by atoms with Gasteiger partial charge in [-0.3, -0.25) is 4.79 Å². The van der Waals surface area contributed by atoms with Gasteiger partial charge in [0.15, 0.2) is 5.78 Å². The van der Waals surface area contributed by atoms with Crippen molar-refractivity contribution in [1.29, 1.82) is 0 Å². The van der Waals surface area contributed by atoms with E-state index in [1.807, 2.05) is 63.2 Å². The molecule has 4 heteroatoms. The number of dihydropyridines is 1. The van der Waals surface area contributed by atoms with Crippen molar-refractivity contribution in [3.05, 3.63) is 106 Å². The minimum Gasteiger partial charge on any atom is -0.459 e. The van der Waals surface area contributed by atoms with Gasteiger partial charge in [-0.2, -0.15) is 0 Å². The molecule has 0 fully saturated rings. The lowest BCUT2D eigenvalue weighted by Crippen LogP contribution is -2.36. The first kappa shape index (κ1) is 23.1. The van der Waals surface area contributed by atoms with Gasteiger partial charge in [-0.05, 0) is 54.5 Å². The van der Waals surface area contributed by atoms with Crippen LogP contribution in [0, 0.1) is 0 Å². The monoisotopic (exact) mass is 465 g/mol. The Balaban J connectivity index is 1.66. The molecule has 0 amide bonds. The third-order valence-electron chi connectivity index (χ3n) is 7.34. The van der Waals surface area contributed by atoms with Crippen molar-refractivity contribution >= 4 is 22.5 Å². The summed E-state index contributed by atoms with van der Waals surface area (Å²) in [4.78, 5) is 27.3. The van der Waals surface area contributed by atoms with Gasteiger partial charge in [-0.1, -0.05) is 79.7 Å². The summed E-state index contributed by atoms with van der Waals surface area (Å²) in [6.45, 7) is 5.82. The minimum atomic E-state index is -0.460. The molecule has 1 heterocycles. The van der Waals surface area contributed by atoms with Crippen LogP contribution in [-0.2, 0) is 14.3 Å². The van der Waals surface area contributed by atoms with E-state index in [9.17, 15) is 9.59 Å². The zero-order valence-electron chi connectivity index (χ0n) is 20.5. The summed E-state index contributed by atoms with van der Waals surface area (Å²) in [6, 6.07) is 24.5. The molecular weight excluding hydrogens is 434 g/mol. The summed E-state index contributed by atoms with van der Waals surface area (Å²) < 4.78 is 5.81. The summed E-state index contributed by atoms with van der Waals surface area (Å²) in [7, 11) is 0. The first-order valence-corrected chi connectivity index (χ1v) is 12.5. The van der Waals surface area contributed by atoms with E-state index in [-0.39, 0.29) is 23.8 Å². The van der Waals surface area contributed by atoms with E-state index in [2.05, 4.69) is 35.6 Å². The van der Waals surface area contributed by atoms with Gasteiger partial charge < -0.3 is 10.1 Å². The number of fused-ring (bicyclic) bond motifs is 1. The largest absolute Gasteiger partial charge is 0.459 e. The highest BCUT2D eigenvalue weighted by molar-refractivity contribution is 6.05. The van der Waals surface area contributed by atoms with Crippen LogP contribution in [0.3, 0.4) is 0 Å². The van der Waals surface area contributed by atoms with Crippen LogP contribution in [0.1, 0.15) is 63.0 Å². The number of hydrogen-bond donors (Lipinski definition) is 1. The molecule has 1 N–H and O–H groups in total. The number of nitrogens with one attached hydrogen (secondary N) is 1. The Morgan fingerprint density at radius 3 is 2.49 bits per heavy atom. The number of ketones is 1. The van der Waals surface area contributed by atoms with Gasteiger partial charge in [0, 0.05) is 29.3 Å². The summed E-state index contributed by atoms with van der Waals surface area (Å²) >= 11 is 0. The predicted octanol–water partition coefficient (Wildman–Crippen LogP) is 6.54. The van der Waals surface area contributed by atoms with E-state index < -0.39 is 5.92 Å². The lowest BCUT2D eigenvalue weighted by molar-refractivity contribution is -0.143. The van der Waals surface area contributed by atoms with E-state index in [0.29, 0.717) is 17.6 Å². The molecule has 3 unspecified atom stereocenters. The Morgan fingerprint density at radius 1 is 1.00 bits per heavy atom. The van der Waals surface area contributed by atoms with Crippen molar-refractivity contribution in [1.82, 2.24) is 5.32 Å². The topological polar surface area (TPSA) is 55.4 Å². The van der Waals surface area contributed by atoms with Crippen LogP contribution in [0.25, 0.3) is 10.8 Å². The van der Waals surface area contributed by atoms with Crippen molar-refractivity contribution in [2.24, 2.45) is 0 Å². The maximum atomic E-state index is 13.8. The summed E-state index contributed by atoms with van der Waals surface area (Å²) in [6.07, 6.45) is 1.70. The maximum Gasteiger partial charge on any atom is 0.337 e. The number of carbonyl (C=O) groups excluding carboxylic acids is 2. The Morgan fingerprint density at radius 2 is 1.71 bits per heavy atom. The average molecular weight is 466 g/mol. The molecule has 5 rings (SSSR count). The Hall–Kier alpha value is -3.66. The average Bonchev–Trinajstić information content (AvgIpc) is 2.87. The molecule has 3 aromatic carbocycles. The highest BCUT2D eigenvalue weighted by Crippen LogP contribution is 2.47. The third-order valence-corrected chi connectivity index (χ3v) is 7.34. The molecule has 0 bridgehead atoms. The lowest BCUT2D eigenvalue weighted by atomic mass is 9.71. The Labute approximate surface area is 206 Å². The standard InChI is InChI=1S/C31H31NO3/c1-4-19(2)35-31(34)28-20(3)32-26-17-23(21-11-6-5-7-12-21)18-27(33)30(26)29(28)25-16-10-14-22-13-8-9-15-24(22)25/h5-16,19,23,29,32H,4,17-18H2,1-3H3. The van der Waals surface area contributed by atoms with E-state index in [1.54, 1.807) is 0 Å². The van der Waals surface area contributed by atoms with Crippen LogP contribution >= 0.6 is 0 Å². The van der Waals surface area contributed by atoms with Gasteiger partial charge in [0.25, 0.3) is 0 Å². The Bertz CT molecular complexity index is 1350. The third kappa shape index (κ3) is 4.29. The molecule has 0 spiro atoms. The van der Waals surface area contributed by atoms with Crippen LogP contribution in [0.4, 0.5) is 0 Å². The molecule has 1 aliphatic heterocycles. The second-order valence-corrected chi connectivity index (χ2v) is 9.62. The summed E-state index contributed by atoms with van der Waals surface area (Å²) in [5.41, 5.74) is 5.06.